The SMILES string of the molecule is O=C(c1cccc2ccccc12)N1CCCN(C(=O)C2CCCO2)CC1. The fourth-order valence-electron chi connectivity index (χ4n) is 3.90. The lowest BCUT2D eigenvalue weighted by Gasteiger charge is -2.24. The summed E-state index contributed by atoms with van der Waals surface area (Å²) < 4.78 is 5.53. The van der Waals surface area contributed by atoms with Gasteiger partial charge in [-0.1, -0.05) is 36.4 Å². The molecular weight excluding hydrogens is 328 g/mol. The molecule has 0 radical (unpaired) electrons. The smallest absolute Gasteiger partial charge is 0.254 e. The van der Waals surface area contributed by atoms with Gasteiger partial charge in [0.1, 0.15) is 6.10 Å². The van der Waals surface area contributed by atoms with Crippen LogP contribution in [0.15, 0.2) is 42.5 Å². The largest absolute Gasteiger partial charge is 0.368 e. The fraction of sp³-hybridized carbons (Fsp3) is 0.429. The van der Waals surface area contributed by atoms with Crippen LogP contribution in [-0.4, -0.2) is 60.5 Å². The number of hydrogen-bond donors (Lipinski definition) is 0. The minimum absolute atomic E-state index is 0.0493. The van der Waals surface area contributed by atoms with Gasteiger partial charge in [0.05, 0.1) is 0 Å². The van der Waals surface area contributed by atoms with E-state index in [9.17, 15) is 9.59 Å². The highest BCUT2D eigenvalue weighted by Crippen LogP contribution is 2.21. The predicted molar refractivity (Wildman–Crippen MR) is 100 cm³/mol. The van der Waals surface area contributed by atoms with Crippen LogP contribution in [0.5, 0.6) is 0 Å². The van der Waals surface area contributed by atoms with E-state index in [4.69, 9.17) is 4.74 Å². The summed E-state index contributed by atoms with van der Waals surface area (Å²) in [6.45, 7) is 3.20. The number of amides is 2. The molecule has 2 aromatic rings. The van der Waals surface area contributed by atoms with Gasteiger partial charge in [-0.2, -0.15) is 0 Å². The number of fused-ring (bicyclic) bond motifs is 1. The molecule has 26 heavy (non-hydrogen) atoms. The molecule has 0 N–H and O–H groups in total. The van der Waals surface area contributed by atoms with Crippen molar-refractivity contribution in [1.29, 1.82) is 0 Å². The highest BCUT2D eigenvalue weighted by atomic mass is 16.5. The monoisotopic (exact) mass is 352 g/mol. The van der Waals surface area contributed by atoms with Gasteiger partial charge >= 0.3 is 0 Å². The van der Waals surface area contributed by atoms with Gasteiger partial charge in [0.15, 0.2) is 0 Å². The Labute approximate surface area is 153 Å². The minimum Gasteiger partial charge on any atom is -0.368 e. The molecule has 2 saturated heterocycles. The second-order valence-corrected chi connectivity index (χ2v) is 7.00. The van der Waals surface area contributed by atoms with Crippen LogP contribution in [0.2, 0.25) is 0 Å². The maximum Gasteiger partial charge on any atom is 0.254 e. The third kappa shape index (κ3) is 3.31. The lowest BCUT2D eigenvalue weighted by Crippen LogP contribution is -2.41. The van der Waals surface area contributed by atoms with Crippen molar-refractivity contribution in [3.8, 4) is 0 Å². The van der Waals surface area contributed by atoms with Crippen LogP contribution in [0.3, 0.4) is 0 Å². The fourth-order valence-corrected chi connectivity index (χ4v) is 3.90. The zero-order valence-corrected chi connectivity index (χ0v) is 14.9. The van der Waals surface area contributed by atoms with E-state index < -0.39 is 0 Å². The summed E-state index contributed by atoms with van der Waals surface area (Å²) in [5, 5.41) is 2.06. The summed E-state index contributed by atoms with van der Waals surface area (Å²) in [7, 11) is 0. The third-order valence-corrected chi connectivity index (χ3v) is 5.32. The Morgan fingerprint density at radius 1 is 0.885 bits per heavy atom. The van der Waals surface area contributed by atoms with Gasteiger partial charge in [-0.05, 0) is 36.1 Å². The van der Waals surface area contributed by atoms with Gasteiger partial charge in [0.2, 0.25) is 0 Å². The maximum atomic E-state index is 13.1. The van der Waals surface area contributed by atoms with E-state index in [-0.39, 0.29) is 17.9 Å². The summed E-state index contributed by atoms with van der Waals surface area (Å²) in [5.41, 5.74) is 0.738. The van der Waals surface area contributed by atoms with Crippen LogP contribution >= 0.6 is 0 Å². The van der Waals surface area contributed by atoms with Gasteiger partial charge in [0, 0.05) is 38.3 Å². The normalized spacial score (nSPS) is 21.0. The van der Waals surface area contributed by atoms with Crippen molar-refractivity contribution in [2.24, 2.45) is 0 Å². The summed E-state index contributed by atoms with van der Waals surface area (Å²) in [4.78, 5) is 29.4. The first-order valence-corrected chi connectivity index (χ1v) is 9.41. The Bertz CT molecular complexity index is 809. The highest BCUT2D eigenvalue weighted by Gasteiger charge is 2.30. The van der Waals surface area contributed by atoms with E-state index in [0.29, 0.717) is 32.8 Å². The number of rotatable bonds is 2. The Morgan fingerprint density at radius 3 is 2.50 bits per heavy atom. The van der Waals surface area contributed by atoms with Crippen LogP contribution in [0, 0.1) is 0 Å². The van der Waals surface area contributed by atoms with Crippen LogP contribution in [0.4, 0.5) is 0 Å². The first kappa shape index (κ1) is 17.0. The van der Waals surface area contributed by atoms with E-state index in [2.05, 4.69) is 0 Å². The van der Waals surface area contributed by atoms with Gasteiger partial charge in [-0.3, -0.25) is 9.59 Å². The molecule has 2 amide bonds. The zero-order chi connectivity index (χ0) is 17.9. The number of ether oxygens (including phenoxy) is 1. The third-order valence-electron chi connectivity index (χ3n) is 5.32. The Hall–Kier alpha value is -2.40. The number of hydrogen-bond acceptors (Lipinski definition) is 3. The molecule has 4 rings (SSSR count). The quantitative estimate of drug-likeness (QED) is 0.835. The molecule has 2 fully saturated rings. The molecule has 0 aliphatic carbocycles. The average Bonchev–Trinajstić information content (AvgIpc) is 3.11. The number of carbonyl (C=O) groups is 2. The van der Waals surface area contributed by atoms with Gasteiger partial charge in [-0.25, -0.2) is 0 Å². The number of benzene rings is 2. The van der Waals surface area contributed by atoms with Crippen molar-refractivity contribution in [2.45, 2.75) is 25.4 Å². The first-order chi connectivity index (χ1) is 12.7. The van der Waals surface area contributed by atoms with E-state index in [1.807, 2.05) is 52.3 Å². The number of nitrogens with zero attached hydrogens (tertiary/aromatic N) is 2. The predicted octanol–water partition coefficient (Wildman–Crippen LogP) is 2.69. The lowest BCUT2D eigenvalue weighted by atomic mass is 10.0. The molecule has 0 aromatic heterocycles. The highest BCUT2D eigenvalue weighted by molar-refractivity contribution is 6.07. The molecular formula is C21H24N2O3. The van der Waals surface area contributed by atoms with Crippen molar-refractivity contribution < 1.29 is 14.3 Å². The van der Waals surface area contributed by atoms with Gasteiger partial charge < -0.3 is 14.5 Å². The lowest BCUT2D eigenvalue weighted by molar-refractivity contribution is -0.140. The molecule has 2 aliphatic heterocycles. The minimum atomic E-state index is -0.282. The number of carbonyl (C=O) groups excluding carboxylic acids is 2. The second kappa shape index (κ2) is 7.46. The van der Waals surface area contributed by atoms with Crippen LogP contribution < -0.4 is 0 Å². The van der Waals surface area contributed by atoms with Crippen molar-refractivity contribution in [3.63, 3.8) is 0 Å². The molecule has 136 valence electrons. The topological polar surface area (TPSA) is 49.9 Å². The molecule has 2 heterocycles. The van der Waals surface area contributed by atoms with E-state index in [0.717, 1.165) is 35.6 Å². The molecule has 2 aromatic carbocycles. The van der Waals surface area contributed by atoms with Crippen molar-refractivity contribution in [3.05, 3.63) is 48.0 Å². The molecule has 1 atom stereocenters. The van der Waals surface area contributed by atoms with E-state index in [1.165, 1.54) is 0 Å². The first-order valence-electron chi connectivity index (χ1n) is 9.41. The van der Waals surface area contributed by atoms with E-state index >= 15 is 0 Å². The molecule has 0 bridgehead atoms. The zero-order valence-electron chi connectivity index (χ0n) is 14.9. The maximum absolute atomic E-state index is 13.1. The van der Waals surface area contributed by atoms with Crippen LogP contribution in [0.25, 0.3) is 10.8 Å². The Morgan fingerprint density at radius 2 is 1.65 bits per heavy atom. The van der Waals surface area contributed by atoms with Crippen LogP contribution in [0.1, 0.15) is 29.6 Å². The van der Waals surface area contributed by atoms with Gasteiger partial charge in [0.25, 0.3) is 11.8 Å². The summed E-state index contributed by atoms with van der Waals surface area (Å²) >= 11 is 0. The van der Waals surface area contributed by atoms with Crippen molar-refractivity contribution >= 4 is 22.6 Å². The van der Waals surface area contributed by atoms with Crippen LogP contribution in [-0.2, 0) is 9.53 Å². The average molecular weight is 352 g/mol. The standard InChI is InChI=1S/C21H24N2O3/c24-20(18-9-3-7-16-6-1-2-8-17(16)18)22-11-5-12-23(14-13-22)21(25)19-10-4-15-26-19/h1-3,6-9,19H,4-5,10-15H2. The second-order valence-electron chi connectivity index (χ2n) is 7.00. The molecule has 1 unspecified atom stereocenters. The van der Waals surface area contributed by atoms with Gasteiger partial charge in [-0.15, -0.1) is 0 Å². The molecule has 0 spiro atoms. The Balaban J connectivity index is 1.48. The molecule has 2 aliphatic rings. The molecule has 5 heteroatoms. The van der Waals surface area contributed by atoms with E-state index in [1.54, 1.807) is 0 Å². The summed E-state index contributed by atoms with van der Waals surface area (Å²) in [6, 6.07) is 13.8. The summed E-state index contributed by atoms with van der Waals surface area (Å²) in [6.07, 6.45) is 2.29. The van der Waals surface area contributed by atoms with Crippen molar-refractivity contribution in [2.75, 3.05) is 32.8 Å². The van der Waals surface area contributed by atoms with Crippen molar-refractivity contribution in [1.82, 2.24) is 9.80 Å². The molecule has 0 saturated carbocycles. The molecule has 5 nitrogen and oxygen atoms in total. The summed E-state index contributed by atoms with van der Waals surface area (Å²) in [5.74, 6) is 0.134. The Kier molecular flexibility index (Phi) is 4.89.